The molecular formula is C11H14Br2N2OS. The summed E-state index contributed by atoms with van der Waals surface area (Å²) < 4.78 is 6.94. The van der Waals surface area contributed by atoms with Gasteiger partial charge in [-0.1, -0.05) is 6.07 Å². The van der Waals surface area contributed by atoms with E-state index in [4.69, 9.17) is 17.0 Å². The van der Waals surface area contributed by atoms with E-state index in [1.807, 2.05) is 25.1 Å². The molecule has 0 aliphatic carbocycles. The number of anilines is 1. The van der Waals surface area contributed by atoms with Crippen LogP contribution in [0.4, 0.5) is 5.69 Å². The first-order valence-corrected chi connectivity index (χ1v) is 7.04. The summed E-state index contributed by atoms with van der Waals surface area (Å²) in [6, 6.07) is 6.02. The molecular weight excluding hydrogens is 368 g/mol. The number of rotatable bonds is 4. The Balaban J connectivity index is 2.62. The molecule has 1 atom stereocenters. The number of methoxy groups -OCH3 is 1. The molecule has 0 saturated heterocycles. The van der Waals surface area contributed by atoms with Crippen LogP contribution in [0, 0.1) is 0 Å². The van der Waals surface area contributed by atoms with Gasteiger partial charge in [-0.25, -0.2) is 0 Å². The van der Waals surface area contributed by atoms with Gasteiger partial charge in [0.05, 0.1) is 12.3 Å². The summed E-state index contributed by atoms with van der Waals surface area (Å²) in [5.41, 5.74) is 0.912. The lowest BCUT2D eigenvalue weighted by Crippen LogP contribution is -2.38. The number of halogens is 2. The maximum absolute atomic E-state index is 5.23. The number of ether oxygens (including phenoxy) is 1. The average molecular weight is 382 g/mol. The Morgan fingerprint density at radius 1 is 1.41 bits per heavy atom. The molecule has 1 rings (SSSR count). The molecule has 17 heavy (non-hydrogen) atoms. The zero-order valence-corrected chi connectivity index (χ0v) is 13.6. The standard InChI is InChI=1S/C11H14Br2N2OS/c1-7(6-16-2)14-11(17)15-10-8(12)4-3-5-9(10)13/h3-5,7H,6H2,1-2H3,(H2,14,15,17). The Labute approximate surface area is 124 Å². The normalized spacial score (nSPS) is 12.0. The number of hydrogen-bond donors (Lipinski definition) is 2. The molecule has 1 unspecified atom stereocenters. The fourth-order valence-electron chi connectivity index (χ4n) is 1.28. The van der Waals surface area contributed by atoms with E-state index < -0.39 is 0 Å². The molecule has 1 aromatic carbocycles. The molecule has 0 amide bonds. The summed E-state index contributed by atoms with van der Waals surface area (Å²) in [5.74, 6) is 0. The maximum Gasteiger partial charge on any atom is 0.171 e. The van der Waals surface area contributed by atoms with Gasteiger partial charge in [-0.3, -0.25) is 0 Å². The molecule has 1 aromatic rings. The average Bonchev–Trinajstić information content (AvgIpc) is 2.24. The van der Waals surface area contributed by atoms with Gasteiger partial charge in [-0.2, -0.15) is 0 Å². The molecule has 3 nitrogen and oxygen atoms in total. The van der Waals surface area contributed by atoms with Crippen molar-refractivity contribution in [3.63, 3.8) is 0 Å². The Morgan fingerprint density at radius 3 is 2.53 bits per heavy atom. The molecule has 0 bridgehead atoms. The van der Waals surface area contributed by atoms with Crippen molar-refractivity contribution >= 4 is 54.9 Å². The van der Waals surface area contributed by atoms with Crippen molar-refractivity contribution in [2.75, 3.05) is 19.0 Å². The predicted octanol–water partition coefficient (Wildman–Crippen LogP) is 3.53. The maximum atomic E-state index is 5.23. The number of thiocarbonyl (C=S) groups is 1. The SMILES string of the molecule is COCC(C)NC(=S)Nc1c(Br)cccc1Br. The van der Waals surface area contributed by atoms with Crippen molar-refractivity contribution < 1.29 is 4.74 Å². The summed E-state index contributed by atoms with van der Waals surface area (Å²) in [6.07, 6.45) is 0. The van der Waals surface area contributed by atoms with E-state index in [-0.39, 0.29) is 6.04 Å². The van der Waals surface area contributed by atoms with E-state index >= 15 is 0 Å². The molecule has 0 heterocycles. The van der Waals surface area contributed by atoms with Gasteiger partial charge >= 0.3 is 0 Å². The number of benzene rings is 1. The molecule has 0 radical (unpaired) electrons. The van der Waals surface area contributed by atoms with E-state index in [1.165, 1.54) is 0 Å². The Morgan fingerprint density at radius 2 is 2.00 bits per heavy atom. The minimum Gasteiger partial charge on any atom is -0.383 e. The Bertz CT molecular complexity index is 381. The van der Waals surface area contributed by atoms with E-state index in [0.717, 1.165) is 14.6 Å². The quantitative estimate of drug-likeness (QED) is 0.781. The first kappa shape index (κ1) is 14.9. The van der Waals surface area contributed by atoms with Crippen LogP contribution in [0.1, 0.15) is 6.92 Å². The van der Waals surface area contributed by atoms with Crippen molar-refractivity contribution in [3.8, 4) is 0 Å². The van der Waals surface area contributed by atoms with Crippen LogP contribution >= 0.6 is 44.1 Å². The van der Waals surface area contributed by atoms with Crippen LogP contribution in [0.25, 0.3) is 0 Å². The molecule has 0 aromatic heterocycles. The predicted molar refractivity (Wildman–Crippen MR) is 82.5 cm³/mol. The molecule has 2 N–H and O–H groups in total. The van der Waals surface area contributed by atoms with Gasteiger partial charge in [-0.15, -0.1) is 0 Å². The summed E-state index contributed by atoms with van der Waals surface area (Å²) in [5, 5.41) is 6.85. The minimum absolute atomic E-state index is 0.168. The van der Waals surface area contributed by atoms with Gasteiger partial charge in [0.25, 0.3) is 0 Å². The van der Waals surface area contributed by atoms with E-state index in [9.17, 15) is 0 Å². The smallest absolute Gasteiger partial charge is 0.171 e. The zero-order valence-electron chi connectivity index (χ0n) is 9.59. The van der Waals surface area contributed by atoms with Crippen LogP contribution in [0.3, 0.4) is 0 Å². The van der Waals surface area contributed by atoms with Crippen LogP contribution in [-0.2, 0) is 4.74 Å². The van der Waals surface area contributed by atoms with Crippen molar-refractivity contribution in [2.24, 2.45) is 0 Å². The van der Waals surface area contributed by atoms with E-state index in [1.54, 1.807) is 7.11 Å². The fourth-order valence-corrected chi connectivity index (χ4v) is 2.78. The highest BCUT2D eigenvalue weighted by Gasteiger charge is 2.08. The van der Waals surface area contributed by atoms with Gasteiger partial charge in [0, 0.05) is 22.1 Å². The molecule has 94 valence electrons. The molecule has 6 heteroatoms. The molecule has 0 aliphatic heterocycles. The topological polar surface area (TPSA) is 33.3 Å². The molecule has 0 spiro atoms. The second kappa shape index (κ2) is 7.31. The van der Waals surface area contributed by atoms with Gasteiger partial charge in [0.15, 0.2) is 5.11 Å². The van der Waals surface area contributed by atoms with Gasteiger partial charge in [0.2, 0.25) is 0 Å². The first-order chi connectivity index (χ1) is 8.04. The number of nitrogens with one attached hydrogen (secondary N) is 2. The van der Waals surface area contributed by atoms with Crippen molar-refractivity contribution in [1.82, 2.24) is 5.32 Å². The monoisotopic (exact) mass is 380 g/mol. The largest absolute Gasteiger partial charge is 0.383 e. The summed E-state index contributed by atoms with van der Waals surface area (Å²) >= 11 is 12.2. The van der Waals surface area contributed by atoms with E-state index in [2.05, 4.69) is 42.5 Å². The lowest BCUT2D eigenvalue weighted by Gasteiger charge is -2.17. The molecule has 0 saturated carbocycles. The lowest BCUT2D eigenvalue weighted by atomic mass is 10.3. The number of para-hydroxylation sites is 1. The third-order valence-corrected chi connectivity index (χ3v) is 3.54. The van der Waals surface area contributed by atoms with Crippen molar-refractivity contribution in [1.29, 1.82) is 0 Å². The number of hydrogen-bond acceptors (Lipinski definition) is 2. The van der Waals surface area contributed by atoms with Crippen LogP contribution in [0.2, 0.25) is 0 Å². The van der Waals surface area contributed by atoms with Gasteiger partial charge in [0.1, 0.15) is 0 Å². The van der Waals surface area contributed by atoms with Crippen LogP contribution < -0.4 is 10.6 Å². The molecule has 0 fully saturated rings. The van der Waals surface area contributed by atoms with Crippen LogP contribution in [-0.4, -0.2) is 24.9 Å². The van der Waals surface area contributed by atoms with Crippen molar-refractivity contribution in [3.05, 3.63) is 27.1 Å². The first-order valence-electron chi connectivity index (χ1n) is 5.05. The fraction of sp³-hybridized carbons (Fsp3) is 0.364. The third-order valence-electron chi connectivity index (χ3n) is 2.00. The van der Waals surface area contributed by atoms with Crippen LogP contribution in [0.5, 0.6) is 0 Å². The van der Waals surface area contributed by atoms with Gasteiger partial charge in [-0.05, 0) is 63.1 Å². The summed E-state index contributed by atoms with van der Waals surface area (Å²) in [4.78, 5) is 0. The minimum atomic E-state index is 0.168. The highest BCUT2D eigenvalue weighted by atomic mass is 79.9. The molecule has 0 aliphatic rings. The summed E-state index contributed by atoms with van der Waals surface area (Å²) in [6.45, 7) is 2.62. The lowest BCUT2D eigenvalue weighted by molar-refractivity contribution is 0.179. The van der Waals surface area contributed by atoms with Crippen LogP contribution in [0.15, 0.2) is 27.1 Å². The Hall–Kier alpha value is -0.170. The zero-order chi connectivity index (χ0) is 12.8. The van der Waals surface area contributed by atoms with Crippen molar-refractivity contribution in [2.45, 2.75) is 13.0 Å². The van der Waals surface area contributed by atoms with Gasteiger partial charge < -0.3 is 15.4 Å². The third kappa shape index (κ3) is 4.91. The summed E-state index contributed by atoms with van der Waals surface area (Å²) in [7, 11) is 1.67. The Kier molecular flexibility index (Phi) is 6.40. The highest BCUT2D eigenvalue weighted by Crippen LogP contribution is 2.30. The second-order valence-corrected chi connectivity index (χ2v) is 5.67. The highest BCUT2D eigenvalue weighted by molar-refractivity contribution is 9.11. The second-order valence-electron chi connectivity index (χ2n) is 3.55. The van der Waals surface area contributed by atoms with E-state index in [0.29, 0.717) is 11.7 Å².